The van der Waals surface area contributed by atoms with Crippen molar-refractivity contribution in [1.29, 1.82) is 0 Å². The van der Waals surface area contributed by atoms with E-state index in [4.69, 9.17) is 0 Å². The van der Waals surface area contributed by atoms with Gasteiger partial charge in [0.2, 0.25) is 0 Å². The van der Waals surface area contributed by atoms with Crippen molar-refractivity contribution in [2.24, 2.45) is 0 Å². The van der Waals surface area contributed by atoms with E-state index in [1.165, 1.54) is 335 Å². The first-order chi connectivity index (χ1) is 50.7. The summed E-state index contributed by atoms with van der Waals surface area (Å²) < 4.78 is 2.22. The van der Waals surface area contributed by atoms with Crippen LogP contribution in [-0.2, 0) is 16.2 Å². The molecule has 0 aromatic heterocycles. The van der Waals surface area contributed by atoms with Crippen LogP contribution >= 0.6 is 31.9 Å². The number of anilines is 6. The van der Waals surface area contributed by atoms with Crippen molar-refractivity contribution in [3.05, 3.63) is 212 Å². The highest BCUT2D eigenvalue weighted by Gasteiger charge is 2.48. The van der Waals surface area contributed by atoms with Gasteiger partial charge in [-0.15, -0.1) is 0 Å². The average molecular weight is 1510 g/mol. The lowest BCUT2D eigenvalue weighted by atomic mass is 9.70. The Kier molecular flexibility index (Phi) is 30.3. The van der Waals surface area contributed by atoms with Crippen molar-refractivity contribution in [1.82, 2.24) is 0 Å². The Balaban J connectivity index is 1.08. The number of hydrogen-bond acceptors (Lipinski definition) is 2. The molecule has 4 heteroatoms. The van der Waals surface area contributed by atoms with Gasteiger partial charge < -0.3 is 9.80 Å². The Bertz CT molecular complexity index is 3590. The van der Waals surface area contributed by atoms with Crippen LogP contribution in [0.1, 0.15) is 345 Å². The predicted octanol–water partition coefficient (Wildman–Crippen LogP) is 33.5. The molecule has 0 saturated heterocycles. The quantitative estimate of drug-likeness (QED) is 0.0351. The first-order valence-electron chi connectivity index (χ1n) is 42.6. The van der Waals surface area contributed by atoms with E-state index in [0.717, 1.165) is 21.8 Å². The van der Waals surface area contributed by atoms with Gasteiger partial charge in [0.15, 0.2) is 0 Å². The minimum absolute atomic E-state index is 0.0267. The maximum Gasteiger partial charge on any atom is 0.0543 e. The molecule has 550 valence electrons. The van der Waals surface area contributed by atoms with Gasteiger partial charge in [0.1, 0.15) is 0 Å². The van der Waals surface area contributed by atoms with Gasteiger partial charge in [-0.05, 0) is 179 Å². The summed E-state index contributed by atoms with van der Waals surface area (Å²) in [5.74, 6) is 0. The first kappa shape index (κ1) is 78.4. The molecule has 0 amide bonds. The van der Waals surface area contributed by atoms with Crippen LogP contribution < -0.4 is 9.80 Å². The Morgan fingerprint density at radius 2 is 0.476 bits per heavy atom. The van der Waals surface area contributed by atoms with E-state index in [0.29, 0.717) is 0 Å². The van der Waals surface area contributed by atoms with Crippen molar-refractivity contribution in [2.45, 2.75) is 327 Å². The Hall–Kier alpha value is -5.68. The smallest absolute Gasteiger partial charge is 0.0543 e. The van der Waals surface area contributed by atoms with Gasteiger partial charge in [0.25, 0.3) is 0 Å². The molecule has 3 aliphatic rings. The Labute approximate surface area is 644 Å². The molecule has 8 aromatic rings. The van der Waals surface area contributed by atoms with Gasteiger partial charge in [0, 0.05) is 59.1 Å². The van der Waals surface area contributed by atoms with Crippen LogP contribution in [0.25, 0.3) is 33.4 Å². The zero-order chi connectivity index (χ0) is 71.7. The molecule has 103 heavy (non-hydrogen) atoms. The lowest BCUT2D eigenvalue weighted by Gasteiger charge is -2.36. The maximum atomic E-state index is 3.93. The van der Waals surface area contributed by atoms with E-state index in [9.17, 15) is 0 Å². The summed E-state index contributed by atoms with van der Waals surface area (Å²) in [5.41, 5.74) is 25.2. The molecule has 0 atom stereocenters. The minimum atomic E-state index is -0.202. The molecule has 11 rings (SSSR count). The van der Waals surface area contributed by atoms with Crippen LogP contribution in [-0.4, -0.2) is 0 Å². The van der Waals surface area contributed by atoms with Crippen molar-refractivity contribution in [3.8, 4) is 33.4 Å². The Morgan fingerprint density at radius 3 is 0.777 bits per heavy atom. The van der Waals surface area contributed by atoms with Crippen LogP contribution in [0.15, 0.2) is 179 Å². The lowest BCUT2D eigenvalue weighted by Crippen LogP contribution is -2.26. The summed E-state index contributed by atoms with van der Waals surface area (Å²) >= 11 is 7.85. The molecule has 0 spiro atoms. The molecular weight excluding hydrogens is 1380 g/mol. The van der Waals surface area contributed by atoms with E-state index < -0.39 is 0 Å². The van der Waals surface area contributed by atoms with E-state index in [-0.39, 0.29) is 16.2 Å². The second-order valence-electron chi connectivity index (χ2n) is 31.9. The van der Waals surface area contributed by atoms with Crippen LogP contribution in [0.4, 0.5) is 34.1 Å². The summed E-state index contributed by atoms with van der Waals surface area (Å²) in [6.07, 6.45) is 54.0. The molecule has 0 heterocycles. The third-order valence-electron chi connectivity index (χ3n) is 24.8. The maximum absolute atomic E-state index is 3.93. The van der Waals surface area contributed by atoms with Gasteiger partial charge in [-0.3, -0.25) is 0 Å². The van der Waals surface area contributed by atoms with Gasteiger partial charge in [-0.1, -0.05) is 389 Å². The van der Waals surface area contributed by atoms with Crippen LogP contribution in [0.2, 0.25) is 0 Å². The fourth-order valence-electron chi connectivity index (χ4n) is 19.4. The van der Waals surface area contributed by atoms with Gasteiger partial charge in [0.05, 0.1) is 11.4 Å². The van der Waals surface area contributed by atoms with E-state index >= 15 is 0 Å². The SMILES string of the molecule is CCCCCCCCC1(CCCCCCCC)c2cc(N(c3ccc(Br)cc3)c3cccc4c3-c3ccccc3C4(CCCCCCCC)CCCCCCCC)ccc2-c2ccc(N(c3ccc(Br)cc3)c3cccc4c3-c3ccccc3C4(CCCCCCCC)CCCCCCCC)cc21. The minimum Gasteiger partial charge on any atom is -0.310 e. The summed E-state index contributed by atoms with van der Waals surface area (Å²) in [6.45, 7) is 14.1. The molecule has 0 aliphatic heterocycles. The highest BCUT2D eigenvalue weighted by molar-refractivity contribution is 9.10. The molecule has 0 unspecified atom stereocenters. The standard InChI is InChI=1S/C99H130Br2N2/c1-7-13-19-25-31-41-69-97(70-42-32-26-20-14-8-2)87-51-39-37-49-85(87)95-89(97)53-47-55-93(95)102(79-61-57-77(100)58-62-79)81-65-67-83-84-68-66-82(76-92(84)99(91(83)75-81,73-45-35-29-23-17-11-5)74-46-36-30-24-18-12-6)103(80-63-59-78(101)60-64-80)94-56-48-54-90-96(94)86-50-38-40-52-88(86)98(90,71-43-33-27-21-15-9-3)72-44-34-28-22-16-10-4/h37-40,47-68,75-76H,7-36,41-46,69-74H2,1-6H3. The van der Waals surface area contributed by atoms with Gasteiger partial charge in [-0.25, -0.2) is 0 Å². The zero-order valence-electron chi connectivity index (χ0n) is 65.0. The molecule has 3 aliphatic carbocycles. The number of benzene rings is 8. The van der Waals surface area contributed by atoms with E-state index in [1.807, 2.05) is 0 Å². The summed E-state index contributed by atoms with van der Waals surface area (Å²) in [7, 11) is 0. The van der Waals surface area contributed by atoms with Gasteiger partial charge >= 0.3 is 0 Å². The number of halogens is 2. The molecule has 8 aromatic carbocycles. The lowest BCUT2D eigenvalue weighted by molar-refractivity contribution is 0.398. The molecule has 2 nitrogen and oxygen atoms in total. The Morgan fingerprint density at radius 1 is 0.223 bits per heavy atom. The number of fused-ring (bicyclic) bond motifs is 9. The summed E-state index contributed by atoms with van der Waals surface area (Å²) in [5, 5.41) is 0. The highest BCUT2D eigenvalue weighted by Crippen LogP contribution is 2.63. The molecule has 0 radical (unpaired) electrons. The first-order valence-corrected chi connectivity index (χ1v) is 44.2. The monoisotopic (exact) mass is 1500 g/mol. The third-order valence-corrected chi connectivity index (χ3v) is 25.8. The van der Waals surface area contributed by atoms with E-state index in [1.54, 1.807) is 22.3 Å². The highest BCUT2D eigenvalue weighted by atomic mass is 79.9. The third kappa shape index (κ3) is 18.3. The van der Waals surface area contributed by atoms with Crippen molar-refractivity contribution in [3.63, 3.8) is 0 Å². The zero-order valence-corrected chi connectivity index (χ0v) is 68.2. The van der Waals surface area contributed by atoms with Crippen molar-refractivity contribution < 1.29 is 0 Å². The van der Waals surface area contributed by atoms with Crippen LogP contribution in [0.5, 0.6) is 0 Å². The molecular formula is C99H130Br2N2. The average Bonchev–Trinajstić information content (AvgIpc) is 1.57. The normalized spacial score (nSPS) is 13.9. The molecule has 0 fully saturated rings. The summed E-state index contributed by atoms with van der Waals surface area (Å²) in [4.78, 5) is 5.40. The second kappa shape index (κ2) is 39.8. The second-order valence-corrected chi connectivity index (χ2v) is 33.8. The molecule has 0 saturated carbocycles. The number of unbranched alkanes of at least 4 members (excludes halogenated alkanes) is 30. The fourth-order valence-corrected chi connectivity index (χ4v) is 19.9. The van der Waals surface area contributed by atoms with E-state index in [2.05, 4.69) is 253 Å². The van der Waals surface area contributed by atoms with Crippen LogP contribution in [0.3, 0.4) is 0 Å². The topological polar surface area (TPSA) is 6.48 Å². The van der Waals surface area contributed by atoms with Crippen molar-refractivity contribution in [2.75, 3.05) is 9.80 Å². The number of rotatable bonds is 48. The number of hydrogen-bond donors (Lipinski definition) is 0. The largest absolute Gasteiger partial charge is 0.310 e. The summed E-state index contributed by atoms with van der Waals surface area (Å²) in [6, 6.07) is 68.7. The molecule has 0 bridgehead atoms. The fraction of sp³-hybridized carbons (Fsp3) is 0.515. The molecule has 0 N–H and O–H groups in total. The predicted molar refractivity (Wildman–Crippen MR) is 458 cm³/mol. The van der Waals surface area contributed by atoms with Crippen LogP contribution in [0, 0.1) is 0 Å². The number of nitrogens with zero attached hydrogens (tertiary/aromatic N) is 2. The van der Waals surface area contributed by atoms with Gasteiger partial charge in [-0.2, -0.15) is 0 Å². The van der Waals surface area contributed by atoms with Crippen molar-refractivity contribution >= 4 is 66.0 Å².